The van der Waals surface area contributed by atoms with Gasteiger partial charge in [0.2, 0.25) is 0 Å². The molecule has 5 aromatic rings. The SMILES string of the molecule is CC1(C)CCC(c2ccc3c(c2)sc2c(-c4[c-]c5ccccc5c([Si](C)(C)C)c4)ncnc23)CC1.CCC(C)(CC)C(=O)/C=C(\O)C(C)(CC)CC.[Ir]. The van der Waals surface area contributed by atoms with Crippen molar-refractivity contribution in [3.63, 3.8) is 0 Å². The van der Waals surface area contributed by atoms with Gasteiger partial charge in [0.05, 0.1) is 13.6 Å². The number of carbonyl (C=O) groups excluding carboxylic acids is 1. The Morgan fingerprint density at radius 2 is 1.55 bits per heavy atom. The molecule has 287 valence electrons. The zero-order valence-electron chi connectivity index (χ0n) is 34.0. The van der Waals surface area contributed by atoms with Gasteiger partial charge in [-0.25, -0.2) is 4.98 Å². The third-order valence-corrected chi connectivity index (χ3v) is 15.7. The standard InChI is InChI=1S/C31H33N2SSi.C15H28O2.Ir/c1-31(2)14-12-20(13-15-31)21-10-11-25-26(17-21)34-30-28(32-19-33-29(25)30)23-16-22-8-6-7-9-24(22)27(18-23)35(3,4)5;1-7-14(5,8-2)12(16)11-13(17)15(6,9-3)10-4;/h6-11,17-20H,12-15H2,1-5H3;11,16H,7-10H2,1-6H3;/q-1;;/b;12-11-;. The van der Waals surface area contributed by atoms with Crippen molar-refractivity contribution in [3.05, 3.63) is 78.3 Å². The van der Waals surface area contributed by atoms with E-state index in [9.17, 15) is 9.90 Å². The van der Waals surface area contributed by atoms with Crippen LogP contribution in [-0.2, 0) is 24.9 Å². The van der Waals surface area contributed by atoms with E-state index in [1.54, 1.807) is 6.33 Å². The van der Waals surface area contributed by atoms with Gasteiger partial charge in [-0.15, -0.1) is 40.1 Å². The van der Waals surface area contributed by atoms with Crippen molar-refractivity contribution in [3.8, 4) is 11.3 Å². The maximum atomic E-state index is 12.2. The van der Waals surface area contributed by atoms with Crippen molar-refractivity contribution in [2.45, 2.75) is 132 Å². The van der Waals surface area contributed by atoms with E-state index in [0.717, 1.165) is 42.5 Å². The third-order valence-electron chi connectivity index (χ3n) is 12.5. The predicted octanol–water partition coefficient (Wildman–Crippen LogP) is 13.3. The van der Waals surface area contributed by atoms with Crippen LogP contribution in [-0.4, -0.2) is 28.9 Å². The smallest absolute Gasteiger partial charge is 0.164 e. The van der Waals surface area contributed by atoms with Crippen molar-refractivity contribution in [2.75, 3.05) is 0 Å². The topological polar surface area (TPSA) is 63.1 Å². The molecule has 3 aromatic carbocycles. The third kappa shape index (κ3) is 9.23. The van der Waals surface area contributed by atoms with Crippen LogP contribution in [0, 0.1) is 22.3 Å². The molecule has 1 aliphatic rings. The van der Waals surface area contributed by atoms with E-state index in [1.165, 1.54) is 68.1 Å². The van der Waals surface area contributed by atoms with Crippen LogP contribution in [0.3, 0.4) is 0 Å². The molecule has 1 radical (unpaired) electrons. The van der Waals surface area contributed by atoms with E-state index in [0.29, 0.717) is 11.3 Å². The van der Waals surface area contributed by atoms with Crippen molar-refractivity contribution in [2.24, 2.45) is 16.2 Å². The number of aliphatic hydroxyl groups excluding tert-OH is 1. The molecule has 0 unspecified atom stereocenters. The zero-order chi connectivity index (χ0) is 38.1. The fourth-order valence-corrected chi connectivity index (χ4v) is 10.2. The Labute approximate surface area is 337 Å². The van der Waals surface area contributed by atoms with Crippen LogP contribution in [0.4, 0.5) is 0 Å². The van der Waals surface area contributed by atoms with Gasteiger partial charge in [0.25, 0.3) is 0 Å². The number of benzene rings is 3. The first-order valence-electron chi connectivity index (χ1n) is 19.6. The molecule has 0 saturated heterocycles. The van der Waals surface area contributed by atoms with Crippen LogP contribution >= 0.6 is 11.3 Å². The molecule has 0 spiro atoms. The quantitative estimate of drug-likeness (QED) is 0.0656. The van der Waals surface area contributed by atoms with Gasteiger partial charge in [-0.1, -0.05) is 116 Å². The predicted molar refractivity (Wildman–Crippen MR) is 228 cm³/mol. The Balaban J connectivity index is 0.000000299. The summed E-state index contributed by atoms with van der Waals surface area (Å²) in [5, 5.41) is 15.4. The number of hydrogen-bond donors (Lipinski definition) is 1. The Morgan fingerprint density at radius 3 is 2.15 bits per heavy atom. The maximum Gasteiger partial charge on any atom is 0.164 e. The number of fused-ring (bicyclic) bond motifs is 4. The number of thiophene rings is 1. The second-order valence-corrected chi connectivity index (χ2v) is 23.6. The summed E-state index contributed by atoms with van der Waals surface area (Å²) in [6.45, 7) is 24.2. The number of aromatic nitrogens is 2. The summed E-state index contributed by atoms with van der Waals surface area (Å²) in [5.74, 6) is 0.963. The molecule has 1 N–H and O–H groups in total. The molecule has 1 saturated carbocycles. The first-order valence-corrected chi connectivity index (χ1v) is 23.9. The normalized spacial score (nSPS) is 15.6. The molecule has 2 heterocycles. The van der Waals surface area contributed by atoms with E-state index in [1.807, 2.05) is 52.9 Å². The molecule has 1 fully saturated rings. The molecule has 4 nitrogen and oxygen atoms in total. The summed E-state index contributed by atoms with van der Waals surface area (Å²) in [4.78, 5) is 21.7. The minimum absolute atomic E-state index is 0. The Bertz CT molecular complexity index is 2070. The zero-order valence-corrected chi connectivity index (χ0v) is 38.2. The molecule has 7 heteroatoms. The fourth-order valence-electron chi connectivity index (χ4n) is 7.43. The van der Waals surface area contributed by atoms with Crippen molar-refractivity contribution >= 4 is 61.5 Å². The number of aliphatic hydroxyl groups is 1. The van der Waals surface area contributed by atoms with Crippen LogP contribution in [0.15, 0.2) is 66.7 Å². The number of hydrogen-bond acceptors (Lipinski definition) is 5. The molecule has 0 bridgehead atoms. The minimum atomic E-state index is -1.56. The molecule has 0 amide bonds. The first-order chi connectivity index (χ1) is 24.5. The molecular weight excluding hydrogens is 865 g/mol. The van der Waals surface area contributed by atoms with Crippen molar-refractivity contribution in [1.29, 1.82) is 0 Å². The average molecular weight is 926 g/mol. The van der Waals surface area contributed by atoms with Crippen LogP contribution in [0.5, 0.6) is 0 Å². The summed E-state index contributed by atoms with van der Waals surface area (Å²) in [5.41, 5.74) is 4.56. The second-order valence-electron chi connectivity index (χ2n) is 17.5. The summed E-state index contributed by atoms with van der Waals surface area (Å²) in [6, 6.07) is 21.8. The average Bonchev–Trinajstić information content (AvgIpc) is 3.51. The Hall–Kier alpha value is -2.70. The largest absolute Gasteiger partial charge is 0.512 e. The maximum absolute atomic E-state index is 12.2. The summed E-state index contributed by atoms with van der Waals surface area (Å²) >= 11 is 1.85. The van der Waals surface area contributed by atoms with Crippen molar-refractivity contribution in [1.82, 2.24) is 9.97 Å². The van der Waals surface area contributed by atoms with Crippen LogP contribution < -0.4 is 5.19 Å². The van der Waals surface area contributed by atoms with Gasteiger partial charge < -0.3 is 5.11 Å². The summed E-state index contributed by atoms with van der Waals surface area (Å²) in [6.07, 6.45) is 11.7. The fraction of sp³-hybridized carbons (Fsp3) is 0.500. The van der Waals surface area contributed by atoms with Gasteiger partial charge in [0.15, 0.2) is 5.78 Å². The van der Waals surface area contributed by atoms with Gasteiger partial charge in [0, 0.05) is 57.5 Å². The molecule has 1 aliphatic carbocycles. The molecule has 0 aliphatic heterocycles. The number of ketones is 1. The van der Waals surface area contributed by atoms with Crippen LogP contribution in [0.25, 0.3) is 42.3 Å². The van der Waals surface area contributed by atoms with Crippen LogP contribution in [0.1, 0.15) is 118 Å². The van der Waals surface area contributed by atoms with Gasteiger partial charge in [-0.3, -0.25) is 9.78 Å². The Kier molecular flexibility index (Phi) is 13.8. The van der Waals surface area contributed by atoms with Gasteiger partial charge in [-0.05, 0) is 74.3 Å². The van der Waals surface area contributed by atoms with E-state index in [4.69, 9.17) is 9.97 Å². The van der Waals surface area contributed by atoms with Gasteiger partial charge in [-0.2, -0.15) is 0 Å². The molecule has 6 rings (SSSR count). The number of carbonyl (C=O) groups is 1. The van der Waals surface area contributed by atoms with Crippen LogP contribution in [0.2, 0.25) is 19.6 Å². The first kappa shape index (κ1) is 43.0. The monoisotopic (exact) mass is 926 g/mol. The minimum Gasteiger partial charge on any atom is -0.512 e. The number of nitrogens with zero attached hydrogens (tertiary/aromatic N) is 2. The molecule has 53 heavy (non-hydrogen) atoms. The molecule has 0 atom stereocenters. The van der Waals surface area contributed by atoms with E-state index >= 15 is 0 Å². The number of rotatable bonds is 10. The number of allylic oxidation sites excluding steroid dienone is 2. The van der Waals surface area contributed by atoms with E-state index < -0.39 is 8.07 Å². The van der Waals surface area contributed by atoms with E-state index in [2.05, 4.69) is 88.1 Å². The molecular formula is C46H61IrN2O2SSi-. The van der Waals surface area contributed by atoms with E-state index in [-0.39, 0.29) is 42.5 Å². The van der Waals surface area contributed by atoms with Gasteiger partial charge >= 0.3 is 0 Å². The summed E-state index contributed by atoms with van der Waals surface area (Å²) < 4.78 is 2.51. The van der Waals surface area contributed by atoms with Gasteiger partial charge in [0.1, 0.15) is 12.1 Å². The summed E-state index contributed by atoms with van der Waals surface area (Å²) in [7, 11) is -1.56. The second kappa shape index (κ2) is 17.0. The Morgan fingerprint density at radius 1 is 0.925 bits per heavy atom. The molecule has 2 aromatic heterocycles. The van der Waals surface area contributed by atoms with Crippen molar-refractivity contribution < 1.29 is 30.0 Å².